The number of rotatable bonds is 7. The summed E-state index contributed by atoms with van der Waals surface area (Å²) in [5.41, 5.74) is 1.77. The third-order valence-electron chi connectivity index (χ3n) is 4.33. The predicted molar refractivity (Wildman–Crippen MR) is 110 cm³/mol. The molecule has 0 bridgehead atoms. The summed E-state index contributed by atoms with van der Waals surface area (Å²) in [7, 11) is 1.53. The van der Waals surface area contributed by atoms with Crippen LogP contribution in [0.1, 0.15) is 5.56 Å². The molecule has 0 heterocycles. The van der Waals surface area contributed by atoms with Gasteiger partial charge in [0.15, 0.2) is 6.61 Å². The molecule has 30 heavy (non-hydrogen) atoms. The van der Waals surface area contributed by atoms with Crippen molar-refractivity contribution >= 4 is 17.3 Å². The first-order chi connectivity index (χ1) is 14.4. The first-order valence-corrected chi connectivity index (χ1v) is 8.99. The van der Waals surface area contributed by atoms with Crippen LogP contribution < -0.4 is 14.8 Å². The lowest BCUT2D eigenvalue weighted by Gasteiger charge is -2.13. The Morgan fingerprint density at radius 1 is 1.10 bits per heavy atom. The average Bonchev–Trinajstić information content (AvgIpc) is 2.74. The highest BCUT2D eigenvalue weighted by atomic mass is 19.1. The average molecular weight is 410 g/mol. The first-order valence-electron chi connectivity index (χ1n) is 8.99. The van der Waals surface area contributed by atoms with Crippen LogP contribution in [-0.4, -0.2) is 24.5 Å². The second-order valence-corrected chi connectivity index (χ2v) is 6.49. The number of carbonyl (C=O) groups excluding carboxylic acids is 1. The fraction of sp³-hybridized carbons (Fsp3) is 0.136. The lowest BCUT2D eigenvalue weighted by molar-refractivity contribution is -0.384. The van der Waals surface area contributed by atoms with Crippen molar-refractivity contribution < 1.29 is 23.6 Å². The molecule has 0 saturated carbocycles. The Kier molecular flexibility index (Phi) is 6.26. The van der Waals surface area contributed by atoms with Gasteiger partial charge in [-0.05, 0) is 48.4 Å². The third kappa shape index (κ3) is 4.91. The van der Waals surface area contributed by atoms with E-state index >= 15 is 0 Å². The first kappa shape index (κ1) is 20.8. The minimum absolute atomic E-state index is 0.0493. The quantitative estimate of drug-likeness (QED) is 0.449. The van der Waals surface area contributed by atoms with E-state index in [9.17, 15) is 19.3 Å². The summed E-state index contributed by atoms with van der Waals surface area (Å²) < 4.78 is 24.6. The number of hydrogen-bond donors (Lipinski definition) is 1. The summed E-state index contributed by atoms with van der Waals surface area (Å²) in [5, 5.41) is 13.6. The fourth-order valence-corrected chi connectivity index (χ4v) is 2.80. The van der Waals surface area contributed by atoms with Crippen LogP contribution in [0.4, 0.5) is 15.8 Å². The van der Waals surface area contributed by atoms with Gasteiger partial charge in [-0.15, -0.1) is 0 Å². The maximum atomic E-state index is 13.9. The van der Waals surface area contributed by atoms with Crippen molar-refractivity contribution in [3.05, 3.63) is 82.2 Å². The van der Waals surface area contributed by atoms with Gasteiger partial charge in [0, 0.05) is 17.7 Å². The van der Waals surface area contributed by atoms with Crippen molar-refractivity contribution in [1.29, 1.82) is 0 Å². The van der Waals surface area contributed by atoms with Crippen LogP contribution in [0.5, 0.6) is 11.5 Å². The second-order valence-electron chi connectivity index (χ2n) is 6.49. The van der Waals surface area contributed by atoms with Gasteiger partial charge < -0.3 is 14.8 Å². The molecule has 8 heteroatoms. The van der Waals surface area contributed by atoms with E-state index in [1.165, 1.54) is 37.4 Å². The molecule has 7 nitrogen and oxygen atoms in total. The van der Waals surface area contributed by atoms with Crippen molar-refractivity contribution in [2.75, 3.05) is 19.0 Å². The van der Waals surface area contributed by atoms with Gasteiger partial charge in [0.1, 0.15) is 17.3 Å². The molecule has 0 spiro atoms. The number of ether oxygens (including phenoxy) is 2. The number of aryl methyl sites for hydroxylation is 1. The fourth-order valence-electron chi connectivity index (χ4n) is 2.80. The normalized spacial score (nSPS) is 10.4. The number of non-ortho nitro benzene ring substituents is 1. The summed E-state index contributed by atoms with van der Waals surface area (Å²) in [6, 6.07) is 15.4. The molecule has 0 unspecified atom stereocenters. The van der Waals surface area contributed by atoms with Crippen LogP contribution in [0.15, 0.2) is 60.7 Å². The van der Waals surface area contributed by atoms with Crippen LogP contribution in [0.25, 0.3) is 11.1 Å². The molecule has 3 aromatic carbocycles. The summed E-state index contributed by atoms with van der Waals surface area (Å²) in [5.74, 6) is -0.189. The topological polar surface area (TPSA) is 90.7 Å². The molecule has 0 aliphatic rings. The Hall–Kier alpha value is -3.94. The number of hydrogen-bond acceptors (Lipinski definition) is 5. The van der Waals surface area contributed by atoms with E-state index in [0.717, 1.165) is 5.56 Å². The lowest BCUT2D eigenvalue weighted by atomic mass is 10.0. The standard InChI is InChI=1S/C22H19FN2O5/c1-14-3-9-20(19(23)11-14)24-22(26)13-30-21-10-6-16(25(27)28)12-18(21)15-4-7-17(29-2)8-5-15/h3-12H,13H2,1-2H3,(H,24,26). The Morgan fingerprint density at radius 2 is 1.83 bits per heavy atom. The van der Waals surface area contributed by atoms with Crippen LogP contribution in [-0.2, 0) is 4.79 Å². The largest absolute Gasteiger partial charge is 0.497 e. The third-order valence-corrected chi connectivity index (χ3v) is 4.33. The maximum absolute atomic E-state index is 13.9. The van der Waals surface area contributed by atoms with Gasteiger partial charge >= 0.3 is 0 Å². The second kappa shape index (κ2) is 9.04. The highest BCUT2D eigenvalue weighted by Gasteiger charge is 2.15. The summed E-state index contributed by atoms with van der Waals surface area (Å²) >= 11 is 0. The molecule has 3 rings (SSSR count). The molecule has 0 radical (unpaired) electrons. The molecule has 1 N–H and O–H groups in total. The molecule has 0 aromatic heterocycles. The van der Waals surface area contributed by atoms with Gasteiger partial charge in [-0.25, -0.2) is 4.39 Å². The van der Waals surface area contributed by atoms with E-state index in [4.69, 9.17) is 9.47 Å². The molecule has 0 atom stereocenters. The molecule has 0 fully saturated rings. The van der Waals surface area contributed by atoms with E-state index in [-0.39, 0.29) is 17.1 Å². The molecule has 0 saturated heterocycles. The zero-order valence-electron chi connectivity index (χ0n) is 16.3. The van der Waals surface area contributed by atoms with E-state index < -0.39 is 23.3 Å². The van der Waals surface area contributed by atoms with E-state index in [0.29, 0.717) is 16.9 Å². The maximum Gasteiger partial charge on any atom is 0.270 e. The van der Waals surface area contributed by atoms with Gasteiger partial charge in [-0.2, -0.15) is 0 Å². The molecular weight excluding hydrogens is 391 g/mol. The number of carbonyl (C=O) groups is 1. The number of methoxy groups -OCH3 is 1. The van der Waals surface area contributed by atoms with E-state index in [2.05, 4.69) is 5.32 Å². The number of halogens is 1. The zero-order chi connectivity index (χ0) is 21.7. The number of benzene rings is 3. The molecule has 3 aromatic rings. The van der Waals surface area contributed by atoms with Crippen molar-refractivity contribution in [3.8, 4) is 22.6 Å². The molecule has 0 aliphatic carbocycles. The minimum Gasteiger partial charge on any atom is -0.497 e. The van der Waals surface area contributed by atoms with Crippen LogP contribution >= 0.6 is 0 Å². The van der Waals surface area contributed by atoms with Gasteiger partial charge in [0.05, 0.1) is 17.7 Å². The number of nitrogens with zero attached hydrogens (tertiary/aromatic N) is 1. The SMILES string of the molecule is COc1ccc(-c2cc([N+](=O)[O-])ccc2OCC(=O)Nc2ccc(C)cc2F)cc1. The smallest absolute Gasteiger partial charge is 0.270 e. The van der Waals surface area contributed by atoms with Gasteiger partial charge in [0.25, 0.3) is 11.6 Å². The predicted octanol–water partition coefficient (Wildman–Crippen LogP) is 4.74. The summed E-state index contributed by atoms with van der Waals surface area (Å²) in [4.78, 5) is 22.9. The highest BCUT2D eigenvalue weighted by Crippen LogP contribution is 2.34. The number of anilines is 1. The van der Waals surface area contributed by atoms with Crippen molar-refractivity contribution in [2.45, 2.75) is 6.92 Å². The number of nitro benzene ring substituents is 1. The zero-order valence-corrected chi connectivity index (χ0v) is 16.3. The van der Waals surface area contributed by atoms with Gasteiger partial charge in [-0.1, -0.05) is 18.2 Å². The van der Waals surface area contributed by atoms with E-state index in [1.54, 1.807) is 37.3 Å². The van der Waals surface area contributed by atoms with Gasteiger partial charge in [-0.3, -0.25) is 14.9 Å². The van der Waals surface area contributed by atoms with Crippen LogP contribution in [0.2, 0.25) is 0 Å². The van der Waals surface area contributed by atoms with Crippen LogP contribution in [0, 0.1) is 22.9 Å². The van der Waals surface area contributed by atoms with Crippen molar-refractivity contribution in [3.63, 3.8) is 0 Å². The van der Waals surface area contributed by atoms with Crippen molar-refractivity contribution in [1.82, 2.24) is 0 Å². The summed E-state index contributed by atoms with van der Waals surface area (Å²) in [6.45, 7) is 1.35. The van der Waals surface area contributed by atoms with Crippen LogP contribution in [0.3, 0.4) is 0 Å². The molecule has 154 valence electrons. The molecule has 0 aliphatic heterocycles. The Balaban J connectivity index is 1.80. The Morgan fingerprint density at radius 3 is 2.47 bits per heavy atom. The summed E-state index contributed by atoms with van der Waals surface area (Å²) in [6.07, 6.45) is 0. The number of amides is 1. The molecular formula is C22H19FN2O5. The minimum atomic E-state index is -0.559. The van der Waals surface area contributed by atoms with Crippen molar-refractivity contribution in [2.24, 2.45) is 0 Å². The highest BCUT2D eigenvalue weighted by molar-refractivity contribution is 5.92. The number of nitro groups is 1. The monoisotopic (exact) mass is 410 g/mol. The van der Waals surface area contributed by atoms with Gasteiger partial charge in [0.2, 0.25) is 0 Å². The lowest BCUT2D eigenvalue weighted by Crippen LogP contribution is -2.21. The Labute approximate surface area is 172 Å². The van der Waals surface area contributed by atoms with E-state index in [1.807, 2.05) is 0 Å². The number of nitrogens with one attached hydrogen (secondary N) is 1. The molecule has 1 amide bonds. The Bertz CT molecular complexity index is 1080.